The van der Waals surface area contributed by atoms with E-state index in [0.717, 1.165) is 29.7 Å². The lowest BCUT2D eigenvalue weighted by Gasteiger charge is -2.31. The van der Waals surface area contributed by atoms with Gasteiger partial charge in [-0.2, -0.15) is 0 Å². The van der Waals surface area contributed by atoms with Crippen molar-refractivity contribution in [2.75, 3.05) is 17.1 Å². The van der Waals surface area contributed by atoms with Gasteiger partial charge in [-0.15, -0.1) is 0 Å². The molecule has 0 aromatic heterocycles. The summed E-state index contributed by atoms with van der Waals surface area (Å²) in [4.78, 5) is 0. The highest BCUT2D eigenvalue weighted by molar-refractivity contribution is 7.92. The van der Waals surface area contributed by atoms with Gasteiger partial charge in [-0.1, -0.05) is 46.2 Å². The minimum atomic E-state index is -3.28. The summed E-state index contributed by atoms with van der Waals surface area (Å²) in [5, 5.41) is 0. The van der Waals surface area contributed by atoms with Crippen LogP contribution in [0.4, 0.5) is 5.69 Å². The Hall–Kier alpha value is -1.03. The molecule has 1 aromatic carbocycles. The van der Waals surface area contributed by atoms with E-state index in [1.54, 1.807) is 4.31 Å². The first kappa shape index (κ1) is 17.0. The van der Waals surface area contributed by atoms with Gasteiger partial charge in [0.1, 0.15) is 0 Å². The smallest absolute Gasteiger partial charge is 0.232 e. The molecule has 0 N–H and O–H groups in total. The standard InChI is InChI=1S/C16H27NO2S/c1-7-8-14-10-9-13(2)11-15(14)17(20(6,18)19)12-16(3,4)5/h9-11H,7-8,12H2,1-6H3. The molecular weight excluding hydrogens is 270 g/mol. The number of benzene rings is 1. The Morgan fingerprint density at radius 1 is 1.20 bits per heavy atom. The molecule has 0 fully saturated rings. The zero-order valence-electron chi connectivity index (χ0n) is 13.5. The first-order valence-corrected chi connectivity index (χ1v) is 8.96. The normalized spacial score (nSPS) is 12.5. The Bertz CT molecular complexity index is 556. The number of anilines is 1. The number of aryl methyl sites for hydroxylation is 2. The van der Waals surface area contributed by atoms with Crippen LogP contribution < -0.4 is 4.31 Å². The van der Waals surface area contributed by atoms with Crippen molar-refractivity contribution in [1.29, 1.82) is 0 Å². The van der Waals surface area contributed by atoms with Crippen molar-refractivity contribution in [3.05, 3.63) is 29.3 Å². The molecule has 0 bridgehead atoms. The first-order valence-electron chi connectivity index (χ1n) is 7.12. The van der Waals surface area contributed by atoms with Gasteiger partial charge in [0.25, 0.3) is 0 Å². The molecular formula is C16H27NO2S. The molecule has 0 atom stereocenters. The average Bonchev–Trinajstić information content (AvgIpc) is 2.26. The summed E-state index contributed by atoms with van der Waals surface area (Å²) < 4.78 is 26.0. The van der Waals surface area contributed by atoms with Crippen LogP contribution in [0.25, 0.3) is 0 Å². The molecule has 20 heavy (non-hydrogen) atoms. The zero-order valence-corrected chi connectivity index (χ0v) is 14.3. The Labute approximate surface area is 124 Å². The van der Waals surface area contributed by atoms with E-state index in [0.29, 0.717) is 6.54 Å². The molecule has 114 valence electrons. The van der Waals surface area contributed by atoms with Crippen molar-refractivity contribution < 1.29 is 8.42 Å². The summed E-state index contributed by atoms with van der Waals surface area (Å²) in [5.41, 5.74) is 2.94. The van der Waals surface area contributed by atoms with E-state index in [1.807, 2.05) is 19.1 Å². The minimum absolute atomic E-state index is 0.0870. The van der Waals surface area contributed by atoms with Gasteiger partial charge in [-0.05, 0) is 36.0 Å². The Morgan fingerprint density at radius 2 is 1.80 bits per heavy atom. The van der Waals surface area contributed by atoms with Crippen LogP contribution in [0.3, 0.4) is 0 Å². The monoisotopic (exact) mass is 297 g/mol. The largest absolute Gasteiger partial charge is 0.270 e. The van der Waals surface area contributed by atoms with Crippen molar-refractivity contribution in [3.63, 3.8) is 0 Å². The average molecular weight is 297 g/mol. The van der Waals surface area contributed by atoms with Crippen molar-refractivity contribution >= 4 is 15.7 Å². The lowest BCUT2D eigenvalue weighted by molar-refractivity contribution is 0.426. The maximum Gasteiger partial charge on any atom is 0.232 e. The fourth-order valence-electron chi connectivity index (χ4n) is 2.20. The van der Waals surface area contributed by atoms with Crippen LogP contribution in [0.2, 0.25) is 0 Å². The number of hydrogen-bond donors (Lipinski definition) is 0. The molecule has 0 aliphatic carbocycles. The lowest BCUT2D eigenvalue weighted by Crippen LogP contribution is -2.37. The second kappa shape index (κ2) is 6.17. The van der Waals surface area contributed by atoms with E-state index in [2.05, 4.69) is 33.8 Å². The highest BCUT2D eigenvalue weighted by Gasteiger charge is 2.25. The van der Waals surface area contributed by atoms with Crippen LogP contribution in [-0.2, 0) is 16.4 Å². The molecule has 0 aliphatic rings. The Kier molecular flexibility index (Phi) is 5.25. The van der Waals surface area contributed by atoms with E-state index in [4.69, 9.17) is 0 Å². The highest BCUT2D eigenvalue weighted by Crippen LogP contribution is 2.29. The van der Waals surface area contributed by atoms with Gasteiger partial charge < -0.3 is 0 Å². The number of rotatable bonds is 5. The SMILES string of the molecule is CCCc1ccc(C)cc1N(CC(C)(C)C)S(C)(=O)=O. The molecule has 0 saturated heterocycles. The fourth-order valence-corrected chi connectivity index (χ4v) is 3.35. The molecule has 0 saturated carbocycles. The van der Waals surface area contributed by atoms with Crippen molar-refractivity contribution in [2.24, 2.45) is 5.41 Å². The number of nitrogens with zero attached hydrogens (tertiary/aromatic N) is 1. The third-order valence-corrected chi connectivity index (χ3v) is 4.17. The Balaban J connectivity index is 3.37. The molecule has 0 heterocycles. The summed E-state index contributed by atoms with van der Waals surface area (Å²) in [5.74, 6) is 0. The summed E-state index contributed by atoms with van der Waals surface area (Å²) in [6.45, 7) is 10.8. The molecule has 0 aliphatic heterocycles. The van der Waals surface area contributed by atoms with Gasteiger partial charge in [0.05, 0.1) is 11.9 Å². The van der Waals surface area contributed by atoms with Crippen molar-refractivity contribution in [1.82, 2.24) is 0 Å². The van der Waals surface area contributed by atoms with Gasteiger partial charge in [0.15, 0.2) is 0 Å². The molecule has 0 amide bonds. The van der Waals surface area contributed by atoms with E-state index in [-0.39, 0.29) is 5.41 Å². The predicted octanol–water partition coefficient (Wildman–Crippen LogP) is 3.76. The third-order valence-electron chi connectivity index (χ3n) is 3.05. The molecule has 0 spiro atoms. The second-order valence-electron chi connectivity index (χ2n) is 6.71. The van der Waals surface area contributed by atoms with Crippen LogP contribution in [-0.4, -0.2) is 21.2 Å². The van der Waals surface area contributed by atoms with E-state index < -0.39 is 10.0 Å². The fraction of sp³-hybridized carbons (Fsp3) is 0.625. The molecule has 3 nitrogen and oxygen atoms in total. The van der Waals surface area contributed by atoms with Crippen LogP contribution in [0.5, 0.6) is 0 Å². The Morgan fingerprint density at radius 3 is 2.25 bits per heavy atom. The number of sulfonamides is 1. The van der Waals surface area contributed by atoms with Crippen LogP contribution in [0.1, 0.15) is 45.2 Å². The summed E-state index contributed by atoms with van der Waals surface area (Å²) in [6, 6.07) is 6.08. The van der Waals surface area contributed by atoms with Crippen LogP contribution in [0, 0.1) is 12.3 Å². The summed E-state index contributed by atoms with van der Waals surface area (Å²) in [7, 11) is -3.28. The summed E-state index contributed by atoms with van der Waals surface area (Å²) in [6.07, 6.45) is 3.19. The molecule has 0 unspecified atom stereocenters. The topological polar surface area (TPSA) is 37.4 Å². The molecule has 1 rings (SSSR count). The van der Waals surface area contributed by atoms with E-state index in [9.17, 15) is 8.42 Å². The molecule has 0 radical (unpaired) electrons. The minimum Gasteiger partial charge on any atom is -0.270 e. The lowest BCUT2D eigenvalue weighted by atomic mass is 9.96. The maximum atomic E-state index is 12.2. The first-order chi connectivity index (χ1) is 9.04. The van der Waals surface area contributed by atoms with Crippen molar-refractivity contribution in [2.45, 2.75) is 47.5 Å². The summed E-state index contributed by atoms with van der Waals surface area (Å²) >= 11 is 0. The molecule has 1 aromatic rings. The van der Waals surface area contributed by atoms with Crippen LogP contribution in [0.15, 0.2) is 18.2 Å². The zero-order chi connectivity index (χ0) is 15.6. The van der Waals surface area contributed by atoms with Gasteiger partial charge in [-0.3, -0.25) is 4.31 Å². The highest BCUT2D eigenvalue weighted by atomic mass is 32.2. The predicted molar refractivity (Wildman–Crippen MR) is 86.8 cm³/mol. The van der Waals surface area contributed by atoms with E-state index >= 15 is 0 Å². The maximum absolute atomic E-state index is 12.2. The van der Waals surface area contributed by atoms with Gasteiger partial charge >= 0.3 is 0 Å². The quantitative estimate of drug-likeness (QED) is 0.830. The van der Waals surface area contributed by atoms with Crippen LogP contribution >= 0.6 is 0 Å². The second-order valence-corrected chi connectivity index (χ2v) is 8.62. The van der Waals surface area contributed by atoms with E-state index in [1.165, 1.54) is 6.26 Å². The van der Waals surface area contributed by atoms with Gasteiger partial charge in [-0.25, -0.2) is 8.42 Å². The van der Waals surface area contributed by atoms with Crippen molar-refractivity contribution in [3.8, 4) is 0 Å². The van der Waals surface area contributed by atoms with Gasteiger partial charge in [0, 0.05) is 6.54 Å². The molecule has 4 heteroatoms. The third kappa shape index (κ3) is 4.82. The van der Waals surface area contributed by atoms with Gasteiger partial charge in [0.2, 0.25) is 10.0 Å². The number of hydrogen-bond acceptors (Lipinski definition) is 2.